The molecule has 2 N–H and O–H groups in total. The summed E-state index contributed by atoms with van der Waals surface area (Å²) in [5.74, 6) is -0.0149. The lowest BCUT2D eigenvalue weighted by Gasteiger charge is -2.36. The topological polar surface area (TPSA) is 91.3 Å². The first-order chi connectivity index (χ1) is 28.0. The van der Waals surface area contributed by atoms with Crippen molar-refractivity contribution in [2.45, 2.75) is 245 Å². The summed E-state index contributed by atoms with van der Waals surface area (Å²) in [4.78, 5) is 30.2. The van der Waals surface area contributed by atoms with Crippen molar-refractivity contribution in [1.82, 2.24) is 15.1 Å². The third kappa shape index (κ3) is 34.2. The number of carbonyl (C=O) groups excluding carboxylic acids is 2. The van der Waals surface area contributed by atoms with Crippen LogP contribution in [0, 0.1) is 0 Å². The molecule has 8 nitrogen and oxygen atoms in total. The van der Waals surface area contributed by atoms with Gasteiger partial charge in [0.1, 0.15) is 6.10 Å². The Balaban J connectivity index is 2.33. The minimum atomic E-state index is -0.0328. The van der Waals surface area contributed by atoms with Gasteiger partial charge in [0.25, 0.3) is 0 Å². The molecule has 0 aliphatic carbocycles. The van der Waals surface area contributed by atoms with Crippen LogP contribution in [0.5, 0.6) is 0 Å². The lowest BCUT2D eigenvalue weighted by molar-refractivity contribution is -0.150. The van der Waals surface area contributed by atoms with E-state index in [-0.39, 0.29) is 30.7 Å². The number of piperazine rings is 1. The average Bonchev–Trinajstić information content (AvgIpc) is 3.22. The average molecular weight is 808 g/mol. The molecule has 1 heterocycles. The van der Waals surface area contributed by atoms with Gasteiger partial charge < -0.3 is 24.8 Å². The summed E-state index contributed by atoms with van der Waals surface area (Å²) in [5, 5.41) is 13.3. The highest BCUT2D eigenvalue weighted by molar-refractivity contribution is 5.69. The second-order valence-electron chi connectivity index (χ2n) is 17.5. The lowest BCUT2D eigenvalue weighted by Crippen LogP contribution is -2.54. The van der Waals surface area contributed by atoms with Gasteiger partial charge in [0.05, 0.1) is 13.2 Å². The molecule has 0 aromatic carbocycles. The molecule has 0 radical (unpaired) electrons. The van der Waals surface area contributed by atoms with Crippen molar-refractivity contribution >= 4 is 11.9 Å². The Bertz CT molecular complexity index is 860. The Labute approximate surface area is 354 Å². The number of nitrogens with one attached hydrogen (secondary N) is 1. The standard InChI is InChI=1S/C49H97N3O5/c1-4-7-10-13-16-17-18-24-32-43-56-48(54)35-29-25-31-39-51(41-42-52-40-37-50-44-46(52)45-53)38-30-23-19-22-28-36-49(55)57-47(33-26-20-14-11-8-5-2)34-27-21-15-12-9-6-3/h46-47,50,53H,4-45H2,1-3H3/t46-/m1/s1. The zero-order valence-corrected chi connectivity index (χ0v) is 38.3. The van der Waals surface area contributed by atoms with Gasteiger partial charge in [0.15, 0.2) is 0 Å². The Morgan fingerprint density at radius 1 is 0.596 bits per heavy atom. The van der Waals surface area contributed by atoms with E-state index in [9.17, 15) is 14.7 Å². The molecule has 8 heteroatoms. The molecule has 0 bridgehead atoms. The van der Waals surface area contributed by atoms with Crippen LogP contribution in [0.2, 0.25) is 0 Å². The van der Waals surface area contributed by atoms with Crippen molar-refractivity contribution in [3.05, 3.63) is 0 Å². The highest BCUT2D eigenvalue weighted by atomic mass is 16.5. The molecule has 0 aromatic heterocycles. The highest BCUT2D eigenvalue weighted by Crippen LogP contribution is 2.19. The van der Waals surface area contributed by atoms with Crippen molar-refractivity contribution in [2.75, 3.05) is 59.0 Å². The van der Waals surface area contributed by atoms with Crippen LogP contribution < -0.4 is 5.32 Å². The lowest BCUT2D eigenvalue weighted by atomic mass is 10.0. The van der Waals surface area contributed by atoms with Crippen molar-refractivity contribution in [2.24, 2.45) is 0 Å². The van der Waals surface area contributed by atoms with Gasteiger partial charge in [-0.25, -0.2) is 0 Å². The molecule has 0 aromatic rings. The zero-order chi connectivity index (χ0) is 41.3. The maximum Gasteiger partial charge on any atom is 0.306 e. The Morgan fingerprint density at radius 3 is 1.60 bits per heavy atom. The van der Waals surface area contributed by atoms with Crippen molar-refractivity contribution < 1.29 is 24.2 Å². The molecule has 1 aliphatic rings. The van der Waals surface area contributed by atoms with Gasteiger partial charge >= 0.3 is 11.9 Å². The third-order valence-electron chi connectivity index (χ3n) is 12.2. The number of nitrogens with zero attached hydrogens (tertiary/aromatic N) is 2. The molecular formula is C49H97N3O5. The maximum absolute atomic E-state index is 12.9. The van der Waals surface area contributed by atoms with Gasteiger partial charge in [0, 0.05) is 51.6 Å². The van der Waals surface area contributed by atoms with Gasteiger partial charge in [0.2, 0.25) is 0 Å². The monoisotopic (exact) mass is 808 g/mol. The third-order valence-corrected chi connectivity index (χ3v) is 12.2. The van der Waals surface area contributed by atoms with Gasteiger partial charge in [-0.3, -0.25) is 14.5 Å². The fourth-order valence-corrected chi connectivity index (χ4v) is 8.28. The number of carbonyl (C=O) groups is 2. The van der Waals surface area contributed by atoms with Crippen LogP contribution in [0.15, 0.2) is 0 Å². The van der Waals surface area contributed by atoms with Crippen LogP contribution in [0.3, 0.4) is 0 Å². The summed E-state index contributed by atoms with van der Waals surface area (Å²) in [6, 6.07) is 0.204. The largest absolute Gasteiger partial charge is 0.466 e. The first kappa shape index (κ1) is 53.8. The van der Waals surface area contributed by atoms with E-state index < -0.39 is 0 Å². The van der Waals surface area contributed by atoms with E-state index in [4.69, 9.17) is 9.47 Å². The first-order valence-corrected chi connectivity index (χ1v) is 25.2. The number of esters is 2. The Morgan fingerprint density at radius 2 is 1.05 bits per heavy atom. The normalized spacial score (nSPS) is 14.9. The molecule has 1 fully saturated rings. The quantitative estimate of drug-likeness (QED) is 0.0465. The van der Waals surface area contributed by atoms with Crippen molar-refractivity contribution in [3.8, 4) is 0 Å². The molecule has 1 rings (SSSR count). The zero-order valence-electron chi connectivity index (χ0n) is 38.3. The van der Waals surface area contributed by atoms with E-state index in [1.165, 1.54) is 135 Å². The highest BCUT2D eigenvalue weighted by Gasteiger charge is 2.21. The Kier molecular flexibility index (Phi) is 39.2. The van der Waals surface area contributed by atoms with Gasteiger partial charge in [-0.1, -0.05) is 162 Å². The SMILES string of the molecule is CCCCCCCCCCCOC(=O)CCCCCN(CCCCCCCC(=O)OC(CCCCCCCC)CCCCCCCC)CCN1CCNC[C@@H]1CO. The molecule has 0 amide bonds. The van der Waals surface area contributed by atoms with Crippen LogP contribution in [0.1, 0.15) is 233 Å². The van der Waals surface area contributed by atoms with Crippen molar-refractivity contribution in [1.29, 1.82) is 0 Å². The molecule has 0 unspecified atom stereocenters. The molecular weight excluding hydrogens is 711 g/mol. The predicted molar refractivity (Wildman–Crippen MR) is 242 cm³/mol. The number of hydrogen-bond donors (Lipinski definition) is 2. The Hall–Kier alpha value is -1.22. The summed E-state index contributed by atoms with van der Waals surface area (Å²) in [5.41, 5.74) is 0. The summed E-state index contributed by atoms with van der Waals surface area (Å²) >= 11 is 0. The summed E-state index contributed by atoms with van der Waals surface area (Å²) in [6.07, 6.45) is 38.7. The first-order valence-electron chi connectivity index (χ1n) is 25.2. The second-order valence-corrected chi connectivity index (χ2v) is 17.5. The molecule has 1 atom stereocenters. The number of rotatable bonds is 43. The molecule has 1 aliphatic heterocycles. The smallest absolute Gasteiger partial charge is 0.306 e. The van der Waals surface area contributed by atoms with Crippen molar-refractivity contribution in [3.63, 3.8) is 0 Å². The van der Waals surface area contributed by atoms with Gasteiger partial charge in [-0.05, 0) is 70.9 Å². The summed E-state index contributed by atoms with van der Waals surface area (Å²) in [7, 11) is 0. The van der Waals surface area contributed by atoms with Crippen LogP contribution in [0.4, 0.5) is 0 Å². The number of hydrogen-bond acceptors (Lipinski definition) is 8. The summed E-state index contributed by atoms with van der Waals surface area (Å²) < 4.78 is 11.6. The summed E-state index contributed by atoms with van der Waals surface area (Å²) in [6.45, 7) is 14.5. The van der Waals surface area contributed by atoms with Crippen LogP contribution in [0.25, 0.3) is 0 Å². The fraction of sp³-hybridized carbons (Fsp3) is 0.959. The minimum absolute atomic E-state index is 0.0179. The van der Waals surface area contributed by atoms with Crippen LogP contribution >= 0.6 is 0 Å². The number of aliphatic hydroxyl groups is 1. The maximum atomic E-state index is 12.9. The minimum Gasteiger partial charge on any atom is -0.466 e. The van der Waals surface area contributed by atoms with E-state index in [0.717, 1.165) is 110 Å². The second kappa shape index (κ2) is 41.5. The molecule has 0 saturated carbocycles. The number of unbranched alkanes of at least 4 members (excludes halogenated alkanes) is 24. The van der Waals surface area contributed by atoms with Crippen LogP contribution in [-0.2, 0) is 19.1 Å². The molecule has 338 valence electrons. The van der Waals surface area contributed by atoms with Crippen LogP contribution in [-0.4, -0.2) is 98.0 Å². The van der Waals surface area contributed by atoms with Gasteiger partial charge in [-0.15, -0.1) is 0 Å². The number of ether oxygens (including phenoxy) is 2. The molecule has 57 heavy (non-hydrogen) atoms. The van der Waals surface area contributed by atoms with Gasteiger partial charge in [-0.2, -0.15) is 0 Å². The predicted octanol–water partition coefficient (Wildman–Crippen LogP) is 11.9. The fourth-order valence-electron chi connectivity index (χ4n) is 8.28. The number of aliphatic hydroxyl groups excluding tert-OH is 1. The van der Waals surface area contributed by atoms with E-state index in [2.05, 4.69) is 35.9 Å². The molecule has 1 saturated heterocycles. The van der Waals surface area contributed by atoms with E-state index in [1.54, 1.807) is 0 Å². The van der Waals surface area contributed by atoms with E-state index >= 15 is 0 Å². The van der Waals surface area contributed by atoms with E-state index in [0.29, 0.717) is 19.4 Å². The molecule has 0 spiro atoms. The van der Waals surface area contributed by atoms with E-state index in [1.807, 2.05) is 0 Å².